The number of hydrogen-bond acceptors (Lipinski definition) is 6. The third kappa shape index (κ3) is 2.30. The van der Waals surface area contributed by atoms with Crippen LogP contribution in [0.15, 0.2) is 30.3 Å². The molecule has 0 fully saturated rings. The minimum atomic E-state index is 0.0936. The topological polar surface area (TPSA) is 85.1 Å². The first-order chi connectivity index (χ1) is 9.26. The summed E-state index contributed by atoms with van der Waals surface area (Å²) in [6.45, 7) is 2.49. The van der Waals surface area contributed by atoms with Gasteiger partial charge in [-0.15, -0.1) is 0 Å². The van der Waals surface area contributed by atoms with E-state index in [1.165, 1.54) is 0 Å². The van der Waals surface area contributed by atoms with E-state index in [9.17, 15) is 0 Å². The Morgan fingerprint density at radius 3 is 3.00 bits per heavy atom. The quantitative estimate of drug-likeness (QED) is 0.572. The van der Waals surface area contributed by atoms with Crippen LogP contribution in [-0.2, 0) is 0 Å². The first-order valence-electron chi connectivity index (χ1n) is 6.07. The van der Waals surface area contributed by atoms with Gasteiger partial charge in [0.2, 0.25) is 5.95 Å². The lowest BCUT2D eigenvalue weighted by Gasteiger charge is -2.13. The number of nitrogen functional groups attached to an aromatic ring is 1. The Morgan fingerprint density at radius 1 is 1.32 bits per heavy atom. The summed E-state index contributed by atoms with van der Waals surface area (Å²) in [5.41, 5.74) is 4.44. The molecule has 1 aromatic carbocycles. The van der Waals surface area contributed by atoms with E-state index in [1.54, 1.807) is 0 Å². The molecule has 0 saturated carbocycles. The van der Waals surface area contributed by atoms with Gasteiger partial charge in [-0.2, -0.15) is 4.98 Å². The molecule has 6 nitrogen and oxygen atoms in total. The normalized spacial score (nSPS) is 16.6. The molecule has 3 rings (SSSR count). The minimum absolute atomic E-state index is 0.0936. The van der Waals surface area contributed by atoms with Crippen LogP contribution in [0, 0.1) is 6.92 Å². The number of aromatic nitrogens is 2. The van der Waals surface area contributed by atoms with Gasteiger partial charge in [0.05, 0.1) is 6.04 Å². The number of aryl methyl sites for hydroxylation is 1. The van der Waals surface area contributed by atoms with Crippen molar-refractivity contribution >= 4 is 11.8 Å². The van der Waals surface area contributed by atoms with Crippen LogP contribution in [0.3, 0.4) is 0 Å². The van der Waals surface area contributed by atoms with E-state index in [4.69, 9.17) is 10.6 Å². The van der Waals surface area contributed by atoms with Crippen molar-refractivity contribution in [1.29, 1.82) is 0 Å². The molecule has 98 valence electrons. The second kappa shape index (κ2) is 4.74. The van der Waals surface area contributed by atoms with E-state index in [1.807, 2.05) is 31.2 Å². The van der Waals surface area contributed by atoms with Gasteiger partial charge in [0.1, 0.15) is 18.2 Å². The molecule has 0 bridgehead atoms. The number of nitrogens with zero attached hydrogens (tertiary/aromatic N) is 2. The summed E-state index contributed by atoms with van der Waals surface area (Å²) in [7, 11) is 0. The predicted octanol–water partition coefficient (Wildman–Crippen LogP) is 1.62. The fraction of sp³-hybridized carbons (Fsp3) is 0.231. The van der Waals surface area contributed by atoms with Gasteiger partial charge >= 0.3 is 0 Å². The summed E-state index contributed by atoms with van der Waals surface area (Å²) >= 11 is 0. The maximum absolute atomic E-state index is 5.62. The Kier molecular flexibility index (Phi) is 2.92. The minimum Gasteiger partial charge on any atom is -0.491 e. The summed E-state index contributed by atoms with van der Waals surface area (Å²) in [6.07, 6.45) is 0. The maximum atomic E-state index is 5.62. The molecular weight excluding hydrogens is 242 g/mol. The van der Waals surface area contributed by atoms with Crippen LogP contribution < -0.4 is 21.3 Å². The van der Waals surface area contributed by atoms with Crippen LogP contribution in [0.2, 0.25) is 0 Å². The highest BCUT2D eigenvalue weighted by Crippen LogP contribution is 2.33. The first-order valence-corrected chi connectivity index (χ1v) is 6.07. The molecule has 1 aromatic heterocycles. The van der Waals surface area contributed by atoms with Crippen LogP contribution in [-0.4, -0.2) is 16.6 Å². The van der Waals surface area contributed by atoms with Crippen molar-refractivity contribution in [3.8, 4) is 5.75 Å². The Balaban J connectivity index is 1.85. The van der Waals surface area contributed by atoms with Gasteiger partial charge in [0.15, 0.2) is 0 Å². The second-order valence-electron chi connectivity index (χ2n) is 4.41. The molecule has 1 aliphatic rings. The number of rotatable bonds is 3. The number of nitrogens with one attached hydrogen (secondary N) is 2. The standard InChI is InChI=1S/C13H15N5O/c1-8-6-12(17-13(15-8)18-14)16-10-7-19-11-5-3-2-4-9(10)11/h2-6,10H,7,14H2,1H3,(H2,15,16,17,18). The highest BCUT2D eigenvalue weighted by Gasteiger charge is 2.23. The average Bonchev–Trinajstić information content (AvgIpc) is 2.82. The largest absolute Gasteiger partial charge is 0.491 e. The molecule has 0 aliphatic carbocycles. The van der Waals surface area contributed by atoms with E-state index in [0.29, 0.717) is 12.6 Å². The molecule has 0 radical (unpaired) electrons. The zero-order chi connectivity index (χ0) is 13.2. The number of fused-ring (bicyclic) bond motifs is 1. The van der Waals surface area contributed by atoms with Gasteiger partial charge in [-0.3, -0.25) is 5.43 Å². The van der Waals surface area contributed by atoms with Gasteiger partial charge in [0, 0.05) is 17.3 Å². The monoisotopic (exact) mass is 257 g/mol. The van der Waals surface area contributed by atoms with E-state index >= 15 is 0 Å². The lowest BCUT2D eigenvalue weighted by atomic mass is 10.1. The first kappa shape index (κ1) is 11.7. The molecule has 1 unspecified atom stereocenters. The van der Waals surface area contributed by atoms with Crippen molar-refractivity contribution in [2.24, 2.45) is 5.84 Å². The Hall–Kier alpha value is -2.34. The number of hydrazine groups is 1. The van der Waals surface area contributed by atoms with Gasteiger partial charge in [-0.05, 0) is 13.0 Å². The van der Waals surface area contributed by atoms with Gasteiger partial charge in [-0.25, -0.2) is 10.8 Å². The fourth-order valence-electron chi connectivity index (χ4n) is 2.17. The van der Waals surface area contributed by atoms with Crippen molar-refractivity contribution in [2.75, 3.05) is 17.3 Å². The summed E-state index contributed by atoms with van der Waals surface area (Å²) in [4.78, 5) is 8.43. The van der Waals surface area contributed by atoms with Gasteiger partial charge < -0.3 is 10.1 Å². The lowest BCUT2D eigenvalue weighted by Crippen LogP contribution is -2.16. The fourth-order valence-corrected chi connectivity index (χ4v) is 2.17. The maximum Gasteiger partial charge on any atom is 0.239 e. The van der Waals surface area contributed by atoms with Crippen molar-refractivity contribution in [2.45, 2.75) is 13.0 Å². The van der Waals surface area contributed by atoms with E-state index in [-0.39, 0.29) is 6.04 Å². The van der Waals surface area contributed by atoms with Gasteiger partial charge in [-0.1, -0.05) is 18.2 Å². The highest BCUT2D eigenvalue weighted by molar-refractivity contribution is 5.48. The molecule has 6 heteroatoms. The van der Waals surface area contributed by atoms with Crippen molar-refractivity contribution in [1.82, 2.24) is 9.97 Å². The van der Waals surface area contributed by atoms with Crippen molar-refractivity contribution in [3.63, 3.8) is 0 Å². The predicted molar refractivity (Wildman–Crippen MR) is 72.9 cm³/mol. The Labute approximate surface area is 111 Å². The number of hydrogen-bond donors (Lipinski definition) is 3. The molecule has 4 N–H and O–H groups in total. The van der Waals surface area contributed by atoms with Crippen LogP contribution in [0.25, 0.3) is 0 Å². The molecule has 0 spiro atoms. The number of para-hydroxylation sites is 1. The van der Waals surface area contributed by atoms with E-state index in [2.05, 4.69) is 26.8 Å². The zero-order valence-electron chi connectivity index (χ0n) is 10.6. The number of ether oxygens (including phenoxy) is 1. The number of benzene rings is 1. The molecule has 1 aliphatic heterocycles. The Morgan fingerprint density at radius 2 is 2.16 bits per heavy atom. The zero-order valence-corrected chi connectivity index (χ0v) is 10.6. The third-order valence-corrected chi connectivity index (χ3v) is 3.01. The number of nitrogens with two attached hydrogens (primary N) is 1. The summed E-state index contributed by atoms with van der Waals surface area (Å²) < 4.78 is 5.62. The average molecular weight is 257 g/mol. The summed E-state index contributed by atoms with van der Waals surface area (Å²) in [5, 5.41) is 3.34. The van der Waals surface area contributed by atoms with Gasteiger partial charge in [0.25, 0.3) is 0 Å². The molecular formula is C13H15N5O. The lowest BCUT2D eigenvalue weighted by molar-refractivity contribution is 0.339. The van der Waals surface area contributed by atoms with E-state index in [0.717, 1.165) is 22.8 Å². The molecule has 19 heavy (non-hydrogen) atoms. The number of anilines is 2. The van der Waals surface area contributed by atoms with Crippen LogP contribution in [0.4, 0.5) is 11.8 Å². The molecule has 1 atom stereocenters. The second-order valence-corrected chi connectivity index (χ2v) is 4.41. The third-order valence-electron chi connectivity index (χ3n) is 3.01. The van der Waals surface area contributed by atoms with Crippen LogP contribution in [0.1, 0.15) is 17.3 Å². The highest BCUT2D eigenvalue weighted by atomic mass is 16.5. The molecule has 0 saturated heterocycles. The molecule has 2 aromatic rings. The van der Waals surface area contributed by atoms with Crippen molar-refractivity contribution in [3.05, 3.63) is 41.6 Å². The van der Waals surface area contributed by atoms with Crippen molar-refractivity contribution < 1.29 is 4.74 Å². The smallest absolute Gasteiger partial charge is 0.239 e. The molecule has 0 amide bonds. The van der Waals surface area contributed by atoms with E-state index < -0.39 is 0 Å². The summed E-state index contributed by atoms with van der Waals surface area (Å²) in [6, 6.07) is 9.95. The Bertz CT molecular complexity index is 601. The van der Waals surface area contributed by atoms with Crippen LogP contribution in [0.5, 0.6) is 5.75 Å². The van der Waals surface area contributed by atoms with Crippen LogP contribution >= 0.6 is 0 Å². The molecule has 2 heterocycles. The SMILES string of the molecule is Cc1cc(NC2COc3ccccc32)nc(NN)n1. The summed E-state index contributed by atoms with van der Waals surface area (Å²) in [5.74, 6) is 7.39.